The highest BCUT2D eigenvalue weighted by atomic mass is 16.7. The van der Waals surface area contributed by atoms with Crippen LogP contribution in [0.15, 0.2) is 60.2 Å². The Hall–Kier alpha value is -5.35. The minimum Gasteiger partial charge on any atom is -0.429 e. The number of non-ortho nitro benzene ring substituents is 1. The molecule has 6 rings (SSSR count). The van der Waals surface area contributed by atoms with Crippen LogP contribution < -0.4 is 31.7 Å². The van der Waals surface area contributed by atoms with Gasteiger partial charge in [-0.3, -0.25) is 29.3 Å². The van der Waals surface area contributed by atoms with E-state index in [1.807, 2.05) is 13.8 Å². The second-order valence-electron chi connectivity index (χ2n) is 23.5. The molecular formula is C59H88N6O10. The fourth-order valence-corrected chi connectivity index (χ4v) is 13.3. The monoisotopic (exact) mass is 1040 g/mol. The Morgan fingerprint density at radius 3 is 2.24 bits per heavy atom. The Labute approximate surface area is 445 Å². The van der Waals surface area contributed by atoms with Gasteiger partial charge in [-0.2, -0.15) is 0 Å². The van der Waals surface area contributed by atoms with Gasteiger partial charge in [0.25, 0.3) is 5.69 Å². The number of carbonyl (C=O) groups excluding carboxylic acids is 5. The van der Waals surface area contributed by atoms with Crippen molar-refractivity contribution in [2.45, 2.75) is 189 Å². The molecule has 0 heterocycles. The van der Waals surface area contributed by atoms with Crippen molar-refractivity contribution in [3.8, 4) is 5.75 Å². The number of hydrogen-bond acceptors (Lipinski definition) is 11. The fourth-order valence-electron chi connectivity index (χ4n) is 13.3. The van der Waals surface area contributed by atoms with E-state index in [9.17, 15) is 34.1 Å². The second-order valence-corrected chi connectivity index (χ2v) is 23.5. The van der Waals surface area contributed by atoms with Gasteiger partial charge in [-0.15, -0.1) is 0 Å². The zero-order chi connectivity index (χ0) is 54.5. The topological polar surface area (TPSA) is 230 Å². The molecule has 414 valence electrons. The third-order valence-electron chi connectivity index (χ3n) is 17.7. The van der Waals surface area contributed by atoms with Crippen LogP contribution in [0.2, 0.25) is 0 Å². The van der Waals surface area contributed by atoms with Crippen LogP contribution in [0.1, 0.15) is 164 Å². The number of hydrogen-bond donors (Lipinski definition) is 5. The summed E-state index contributed by atoms with van der Waals surface area (Å²) in [5.74, 6) is 2.94. The zero-order valence-electron chi connectivity index (χ0n) is 46.1. The Morgan fingerprint density at radius 1 is 0.840 bits per heavy atom. The number of rotatable bonds is 26. The summed E-state index contributed by atoms with van der Waals surface area (Å²) in [5, 5.41) is 22.2. The number of allylic oxidation sites excluding steroid dienone is 1. The standard InChI is InChI=1S/C59H88N6O10/c1-9-38(4)54(56(69)63-51(34-40(6)60)55(68)62-43-17-14-41(15-18-43)36-74-57(70)75-45-21-19-44(20-22-45)65(71)72)64-53(67)27-26-52(66)61-32-11-33-73-46-28-30-58(7)42(35-46)16-23-47-49-25-24-48(39(5)13-10-12-37(2)3)59(49,8)31-29-50(47)58/h14-22,37-40,46-51,54H,9-13,23-36,60H2,1-8H3,(H,61,66)(H,62,68)(H,63,69)(H,64,67)/t38-,39+,40?,46-,47-,48+,49-,50-,51-,54-,58-,59+/m0/s1. The van der Waals surface area contributed by atoms with Crippen LogP contribution in [0.3, 0.4) is 0 Å². The molecule has 4 amide bonds. The first-order chi connectivity index (χ1) is 35.7. The number of ether oxygens (including phenoxy) is 3. The van der Waals surface area contributed by atoms with E-state index in [4.69, 9.17) is 19.9 Å². The van der Waals surface area contributed by atoms with Crippen molar-refractivity contribution in [3.05, 3.63) is 75.9 Å². The number of anilines is 1. The number of nitrogens with zero attached hydrogens (tertiary/aromatic N) is 1. The van der Waals surface area contributed by atoms with Crippen molar-refractivity contribution < 1.29 is 43.1 Å². The molecular weight excluding hydrogens is 953 g/mol. The van der Waals surface area contributed by atoms with E-state index in [0.717, 1.165) is 48.3 Å². The summed E-state index contributed by atoms with van der Waals surface area (Å²) in [7, 11) is 0. The Morgan fingerprint density at radius 2 is 1.56 bits per heavy atom. The van der Waals surface area contributed by atoms with Crippen LogP contribution in [0.25, 0.3) is 0 Å². The summed E-state index contributed by atoms with van der Waals surface area (Å²) in [5.41, 5.74) is 9.32. The molecule has 4 aliphatic rings. The van der Waals surface area contributed by atoms with E-state index in [0.29, 0.717) is 42.7 Å². The van der Waals surface area contributed by atoms with Gasteiger partial charge in [0.05, 0.1) is 11.0 Å². The van der Waals surface area contributed by atoms with Crippen molar-refractivity contribution in [1.82, 2.24) is 16.0 Å². The summed E-state index contributed by atoms with van der Waals surface area (Å²) < 4.78 is 16.7. The molecule has 0 bridgehead atoms. The molecule has 0 spiro atoms. The fraction of sp³-hybridized carbons (Fsp3) is 0.678. The molecule has 0 radical (unpaired) electrons. The lowest BCUT2D eigenvalue weighted by molar-refractivity contribution is -0.384. The largest absolute Gasteiger partial charge is 0.514 e. The molecule has 75 heavy (non-hydrogen) atoms. The lowest BCUT2D eigenvalue weighted by Gasteiger charge is -2.58. The van der Waals surface area contributed by atoms with Gasteiger partial charge in [0, 0.05) is 49.9 Å². The maximum atomic E-state index is 13.7. The SMILES string of the molecule is CC[C@H](C)[C@H](NC(=O)CCC(=O)NCCCO[C@H]1CC[C@@]2(C)C(=CC[C@H]3[C@@H]4CC[C@H]([C@H](C)CCCC(C)C)[C@@]4(C)CC[C@@H]32)C1)C(=O)N[C@@H](CC(C)N)C(=O)Nc1ccc(COC(=O)Oc2ccc([N+](=O)[O-])cc2)cc1. The predicted octanol–water partition coefficient (Wildman–Crippen LogP) is 10.7. The highest BCUT2D eigenvalue weighted by molar-refractivity contribution is 5.98. The molecule has 6 N–H and O–H groups in total. The molecule has 4 aliphatic carbocycles. The molecule has 12 atom stereocenters. The second kappa shape index (κ2) is 27.1. The van der Waals surface area contributed by atoms with E-state index in [2.05, 4.69) is 62.0 Å². The summed E-state index contributed by atoms with van der Waals surface area (Å²) in [4.78, 5) is 75.8. The quantitative estimate of drug-likeness (QED) is 0.0149. The Kier molecular flexibility index (Phi) is 21.3. The first kappa shape index (κ1) is 58.9. The predicted molar refractivity (Wildman–Crippen MR) is 290 cm³/mol. The molecule has 0 saturated heterocycles. The van der Waals surface area contributed by atoms with Crippen LogP contribution in [0, 0.1) is 62.4 Å². The van der Waals surface area contributed by atoms with E-state index >= 15 is 0 Å². The van der Waals surface area contributed by atoms with Crippen molar-refractivity contribution in [2.24, 2.45) is 58.0 Å². The lowest BCUT2D eigenvalue weighted by atomic mass is 9.47. The molecule has 3 fully saturated rings. The third kappa shape index (κ3) is 15.9. The van der Waals surface area contributed by atoms with Crippen molar-refractivity contribution in [2.75, 3.05) is 18.5 Å². The summed E-state index contributed by atoms with van der Waals surface area (Å²) >= 11 is 0. The smallest absolute Gasteiger partial charge is 0.429 e. The number of fused-ring (bicyclic) bond motifs is 5. The van der Waals surface area contributed by atoms with Gasteiger partial charge in [-0.25, -0.2) is 4.79 Å². The first-order valence-electron chi connectivity index (χ1n) is 28.1. The van der Waals surface area contributed by atoms with Gasteiger partial charge in [-0.1, -0.05) is 97.9 Å². The van der Waals surface area contributed by atoms with E-state index in [1.165, 1.54) is 82.1 Å². The number of nitro benzene ring substituents is 1. The molecule has 0 aliphatic heterocycles. The van der Waals surface area contributed by atoms with Gasteiger partial charge in [0.2, 0.25) is 23.6 Å². The molecule has 16 nitrogen and oxygen atoms in total. The zero-order valence-corrected chi connectivity index (χ0v) is 46.1. The van der Waals surface area contributed by atoms with Crippen LogP contribution >= 0.6 is 0 Å². The number of benzene rings is 2. The third-order valence-corrected chi connectivity index (χ3v) is 17.7. The first-order valence-corrected chi connectivity index (χ1v) is 28.1. The number of nitrogens with one attached hydrogen (secondary N) is 4. The van der Waals surface area contributed by atoms with E-state index in [1.54, 1.807) is 36.8 Å². The maximum Gasteiger partial charge on any atom is 0.514 e. The van der Waals surface area contributed by atoms with Gasteiger partial charge in [0.15, 0.2) is 0 Å². The van der Waals surface area contributed by atoms with Gasteiger partial charge < -0.3 is 41.2 Å². The lowest BCUT2D eigenvalue weighted by Crippen LogP contribution is -2.55. The maximum absolute atomic E-state index is 13.7. The van der Waals surface area contributed by atoms with Crippen molar-refractivity contribution >= 4 is 41.2 Å². The van der Waals surface area contributed by atoms with Gasteiger partial charge in [0.1, 0.15) is 24.4 Å². The Balaban J connectivity index is 0.886. The van der Waals surface area contributed by atoms with Crippen LogP contribution in [-0.4, -0.2) is 72.1 Å². The van der Waals surface area contributed by atoms with Crippen molar-refractivity contribution in [3.63, 3.8) is 0 Å². The Bertz CT molecular complexity index is 2290. The van der Waals surface area contributed by atoms with Gasteiger partial charge in [-0.05, 0) is 153 Å². The van der Waals surface area contributed by atoms with Crippen LogP contribution in [0.4, 0.5) is 16.2 Å². The van der Waals surface area contributed by atoms with Crippen molar-refractivity contribution in [1.29, 1.82) is 0 Å². The molecule has 1 unspecified atom stereocenters. The average molecular weight is 1040 g/mol. The highest BCUT2D eigenvalue weighted by Crippen LogP contribution is 2.67. The van der Waals surface area contributed by atoms with Gasteiger partial charge >= 0.3 is 6.16 Å². The normalized spacial score (nSPS) is 25.9. The highest BCUT2D eigenvalue weighted by Gasteiger charge is 2.59. The number of carbonyl (C=O) groups is 5. The van der Waals surface area contributed by atoms with E-state index < -0.39 is 46.9 Å². The molecule has 2 aromatic rings. The molecule has 16 heteroatoms. The summed E-state index contributed by atoms with van der Waals surface area (Å²) in [6.07, 6.45) is 17.2. The minimum absolute atomic E-state index is 0.0378. The van der Waals surface area contributed by atoms with Crippen LogP contribution in [-0.2, 0) is 35.3 Å². The minimum atomic E-state index is -1.03. The molecule has 0 aromatic heterocycles. The van der Waals surface area contributed by atoms with E-state index in [-0.39, 0.29) is 60.7 Å². The number of nitrogens with two attached hydrogens (primary N) is 1. The molecule has 3 saturated carbocycles. The summed E-state index contributed by atoms with van der Waals surface area (Å²) in [6, 6.07) is 9.00. The average Bonchev–Trinajstić information content (AvgIpc) is 3.73. The number of nitro groups is 1. The number of amides is 4. The van der Waals surface area contributed by atoms with Crippen LogP contribution in [0.5, 0.6) is 5.75 Å². The summed E-state index contributed by atoms with van der Waals surface area (Å²) in [6.45, 7) is 18.8. The molecule has 2 aromatic carbocycles.